The van der Waals surface area contributed by atoms with Gasteiger partial charge in [0.1, 0.15) is 17.3 Å². The van der Waals surface area contributed by atoms with Gasteiger partial charge in [0, 0.05) is 29.6 Å². The number of anilines is 2. The molecule has 1 aliphatic rings. The van der Waals surface area contributed by atoms with Gasteiger partial charge in [0.05, 0.1) is 19.7 Å². The zero-order valence-electron chi connectivity index (χ0n) is 15.0. The van der Waals surface area contributed by atoms with Gasteiger partial charge >= 0.3 is 0 Å². The molecule has 0 atom stereocenters. The van der Waals surface area contributed by atoms with Crippen LogP contribution >= 0.6 is 0 Å². The molecular formula is C20H22N4O2. The van der Waals surface area contributed by atoms with Crippen LogP contribution in [0.25, 0.3) is 10.9 Å². The lowest BCUT2D eigenvalue weighted by molar-refractivity contribution is 0.391. The van der Waals surface area contributed by atoms with Crippen LogP contribution in [0.15, 0.2) is 42.5 Å². The van der Waals surface area contributed by atoms with Crippen LogP contribution in [0, 0.1) is 0 Å². The van der Waals surface area contributed by atoms with Crippen molar-refractivity contribution in [3.8, 4) is 11.5 Å². The number of hydrogen-bond acceptors (Lipinski definition) is 6. The molecule has 1 saturated carbocycles. The lowest BCUT2D eigenvalue weighted by Gasteiger charge is -2.13. The molecule has 2 aromatic carbocycles. The first-order valence-corrected chi connectivity index (χ1v) is 8.75. The number of nitrogens with zero attached hydrogens (tertiary/aromatic N) is 2. The Morgan fingerprint density at radius 2 is 1.88 bits per heavy atom. The summed E-state index contributed by atoms with van der Waals surface area (Å²) in [5, 5.41) is 7.87. The van der Waals surface area contributed by atoms with E-state index in [2.05, 4.69) is 26.7 Å². The van der Waals surface area contributed by atoms with Gasteiger partial charge in [0.2, 0.25) is 5.95 Å². The summed E-state index contributed by atoms with van der Waals surface area (Å²) in [4.78, 5) is 9.33. The van der Waals surface area contributed by atoms with Crippen LogP contribution in [0.3, 0.4) is 0 Å². The van der Waals surface area contributed by atoms with Crippen LogP contribution in [0.4, 0.5) is 11.8 Å². The van der Waals surface area contributed by atoms with Gasteiger partial charge < -0.3 is 20.1 Å². The molecule has 0 bridgehead atoms. The maximum absolute atomic E-state index is 5.46. The van der Waals surface area contributed by atoms with Crippen molar-refractivity contribution < 1.29 is 9.47 Å². The lowest BCUT2D eigenvalue weighted by atomic mass is 10.2. The van der Waals surface area contributed by atoms with Gasteiger partial charge in [0.15, 0.2) is 0 Å². The molecule has 0 aliphatic heterocycles. The SMILES string of the molecule is COc1ccc(CNc2nc(NC3CC3)c3ccccc3n2)c(OC)c1. The largest absolute Gasteiger partial charge is 0.497 e. The third-order valence-corrected chi connectivity index (χ3v) is 4.45. The van der Waals surface area contributed by atoms with E-state index in [1.165, 1.54) is 12.8 Å². The first kappa shape index (κ1) is 16.4. The molecule has 134 valence electrons. The molecule has 0 amide bonds. The van der Waals surface area contributed by atoms with Crippen molar-refractivity contribution in [2.75, 3.05) is 24.9 Å². The number of benzene rings is 2. The zero-order chi connectivity index (χ0) is 17.9. The summed E-state index contributed by atoms with van der Waals surface area (Å²) in [6.07, 6.45) is 2.40. The molecule has 4 rings (SSSR count). The molecule has 6 nitrogen and oxygen atoms in total. The highest BCUT2D eigenvalue weighted by atomic mass is 16.5. The molecule has 0 unspecified atom stereocenters. The molecular weight excluding hydrogens is 328 g/mol. The molecule has 6 heteroatoms. The van der Waals surface area contributed by atoms with Gasteiger partial charge in [-0.1, -0.05) is 12.1 Å². The topological polar surface area (TPSA) is 68.3 Å². The van der Waals surface area contributed by atoms with E-state index >= 15 is 0 Å². The molecule has 1 aliphatic carbocycles. The average Bonchev–Trinajstić information content (AvgIpc) is 3.50. The fourth-order valence-electron chi connectivity index (χ4n) is 2.86. The highest BCUT2D eigenvalue weighted by Crippen LogP contribution is 2.29. The summed E-state index contributed by atoms with van der Waals surface area (Å²) in [6, 6.07) is 14.4. The Balaban J connectivity index is 1.59. The van der Waals surface area contributed by atoms with Gasteiger partial charge in [-0.05, 0) is 37.1 Å². The predicted octanol–water partition coefficient (Wildman–Crippen LogP) is 3.83. The van der Waals surface area contributed by atoms with E-state index in [9.17, 15) is 0 Å². The fourth-order valence-corrected chi connectivity index (χ4v) is 2.86. The van der Waals surface area contributed by atoms with Crippen molar-refractivity contribution in [3.05, 3.63) is 48.0 Å². The van der Waals surface area contributed by atoms with Crippen molar-refractivity contribution in [1.29, 1.82) is 0 Å². The molecule has 2 N–H and O–H groups in total. The normalized spacial score (nSPS) is 13.5. The summed E-state index contributed by atoms with van der Waals surface area (Å²) >= 11 is 0. The summed E-state index contributed by atoms with van der Waals surface area (Å²) < 4.78 is 10.7. The van der Waals surface area contributed by atoms with E-state index < -0.39 is 0 Å². The first-order valence-electron chi connectivity index (χ1n) is 8.75. The second-order valence-electron chi connectivity index (χ2n) is 6.36. The minimum atomic E-state index is 0.530. The van der Waals surface area contributed by atoms with Crippen molar-refractivity contribution in [3.63, 3.8) is 0 Å². The Bertz CT molecular complexity index is 925. The maximum Gasteiger partial charge on any atom is 0.225 e. The van der Waals surface area contributed by atoms with Crippen LogP contribution in [-0.2, 0) is 6.54 Å². The van der Waals surface area contributed by atoms with Crippen LogP contribution in [-0.4, -0.2) is 30.2 Å². The standard InChI is InChI=1S/C20H22N4O2/c1-25-15-10-7-13(18(11-15)26-2)12-21-20-23-17-6-4-3-5-16(17)19(24-20)22-14-8-9-14/h3-7,10-11,14H,8-9,12H2,1-2H3,(H2,21,22,23,24). The lowest BCUT2D eigenvalue weighted by Crippen LogP contribution is -2.09. The summed E-state index contributed by atoms with van der Waals surface area (Å²) in [7, 11) is 3.30. The Morgan fingerprint density at radius 1 is 1.04 bits per heavy atom. The van der Waals surface area contributed by atoms with Gasteiger partial charge in [-0.2, -0.15) is 4.98 Å². The number of fused-ring (bicyclic) bond motifs is 1. The minimum absolute atomic E-state index is 0.530. The van der Waals surface area contributed by atoms with E-state index in [0.29, 0.717) is 18.5 Å². The van der Waals surface area contributed by atoms with Crippen LogP contribution in [0.5, 0.6) is 11.5 Å². The predicted molar refractivity (Wildman–Crippen MR) is 103 cm³/mol. The fraction of sp³-hybridized carbons (Fsp3) is 0.300. The van der Waals surface area contributed by atoms with Gasteiger partial charge in [-0.15, -0.1) is 0 Å². The third-order valence-electron chi connectivity index (χ3n) is 4.45. The average molecular weight is 350 g/mol. The number of methoxy groups -OCH3 is 2. The van der Waals surface area contributed by atoms with Crippen molar-refractivity contribution in [2.24, 2.45) is 0 Å². The monoisotopic (exact) mass is 350 g/mol. The van der Waals surface area contributed by atoms with Crippen molar-refractivity contribution >= 4 is 22.7 Å². The number of para-hydroxylation sites is 1. The Labute approximate surface area is 152 Å². The highest BCUT2D eigenvalue weighted by Gasteiger charge is 2.22. The molecule has 26 heavy (non-hydrogen) atoms. The quantitative estimate of drug-likeness (QED) is 0.675. The van der Waals surface area contributed by atoms with Gasteiger partial charge in [-0.25, -0.2) is 4.98 Å². The Morgan fingerprint density at radius 3 is 2.65 bits per heavy atom. The number of hydrogen-bond donors (Lipinski definition) is 2. The van der Waals surface area contributed by atoms with Gasteiger partial charge in [-0.3, -0.25) is 0 Å². The van der Waals surface area contributed by atoms with Crippen LogP contribution in [0.1, 0.15) is 18.4 Å². The second-order valence-corrected chi connectivity index (χ2v) is 6.36. The van der Waals surface area contributed by atoms with E-state index in [0.717, 1.165) is 33.8 Å². The van der Waals surface area contributed by atoms with E-state index in [4.69, 9.17) is 9.47 Å². The number of nitrogens with one attached hydrogen (secondary N) is 2. The van der Waals surface area contributed by atoms with Crippen molar-refractivity contribution in [2.45, 2.75) is 25.4 Å². The molecule has 1 aromatic heterocycles. The Hall–Kier alpha value is -3.02. The highest BCUT2D eigenvalue weighted by molar-refractivity contribution is 5.90. The number of rotatable bonds is 7. The molecule has 1 fully saturated rings. The molecule has 0 saturated heterocycles. The van der Waals surface area contributed by atoms with Crippen molar-refractivity contribution in [1.82, 2.24) is 9.97 Å². The molecule has 0 radical (unpaired) electrons. The smallest absolute Gasteiger partial charge is 0.225 e. The number of ether oxygens (including phenoxy) is 2. The molecule has 3 aromatic rings. The molecule has 1 heterocycles. The van der Waals surface area contributed by atoms with E-state index in [-0.39, 0.29) is 0 Å². The third kappa shape index (κ3) is 3.49. The zero-order valence-corrected chi connectivity index (χ0v) is 15.0. The van der Waals surface area contributed by atoms with Crippen LogP contribution < -0.4 is 20.1 Å². The van der Waals surface area contributed by atoms with Crippen LogP contribution in [0.2, 0.25) is 0 Å². The van der Waals surface area contributed by atoms with Gasteiger partial charge in [0.25, 0.3) is 0 Å². The summed E-state index contributed by atoms with van der Waals surface area (Å²) in [5.41, 5.74) is 1.94. The van der Waals surface area contributed by atoms with E-state index in [1.807, 2.05) is 36.4 Å². The first-order chi connectivity index (χ1) is 12.8. The maximum atomic E-state index is 5.46. The Kier molecular flexibility index (Phi) is 4.48. The van der Waals surface area contributed by atoms with E-state index in [1.54, 1.807) is 14.2 Å². The summed E-state index contributed by atoms with van der Waals surface area (Å²) in [6.45, 7) is 0.564. The molecule has 0 spiro atoms. The summed E-state index contributed by atoms with van der Waals surface area (Å²) in [5.74, 6) is 3.03. The second kappa shape index (κ2) is 7.07. The minimum Gasteiger partial charge on any atom is -0.497 e. The number of aromatic nitrogens is 2.